The molecule has 0 aromatic heterocycles. The molecule has 1 atom stereocenters. The fourth-order valence-corrected chi connectivity index (χ4v) is 1.75. The Morgan fingerprint density at radius 1 is 1.37 bits per heavy atom. The third kappa shape index (κ3) is 2.78. The summed E-state index contributed by atoms with van der Waals surface area (Å²) in [5.41, 5.74) is 0.409. The van der Waals surface area contributed by atoms with Crippen molar-refractivity contribution >= 4 is 11.9 Å². The molecule has 1 aromatic rings. The first-order valence-electron chi connectivity index (χ1n) is 5.94. The number of carbonyl (C=O) groups excluding carboxylic acids is 2. The van der Waals surface area contributed by atoms with Crippen LogP contribution in [-0.4, -0.2) is 31.8 Å². The quantitative estimate of drug-likeness (QED) is 0.825. The minimum Gasteiger partial charge on any atom is -0.467 e. The van der Waals surface area contributed by atoms with E-state index in [1.165, 1.54) is 7.11 Å². The third-order valence-corrected chi connectivity index (χ3v) is 2.83. The zero-order chi connectivity index (χ0) is 13.8. The Labute approximate surface area is 110 Å². The van der Waals surface area contributed by atoms with Crippen molar-refractivity contribution in [3.8, 4) is 11.5 Å². The maximum atomic E-state index is 12.0. The molecule has 0 bridgehead atoms. The Morgan fingerprint density at radius 2 is 2.11 bits per heavy atom. The molecule has 19 heavy (non-hydrogen) atoms. The van der Waals surface area contributed by atoms with E-state index in [0.717, 1.165) is 0 Å². The number of carbonyl (C=O) groups is 2. The van der Waals surface area contributed by atoms with Gasteiger partial charge in [0.15, 0.2) is 11.5 Å². The molecule has 0 fully saturated rings. The highest BCUT2D eigenvalue weighted by molar-refractivity contribution is 5.97. The van der Waals surface area contributed by atoms with Crippen molar-refractivity contribution in [3.63, 3.8) is 0 Å². The molecule has 0 saturated heterocycles. The average molecular weight is 265 g/mol. The number of fused-ring (bicyclic) bond motifs is 1. The number of esters is 1. The van der Waals surface area contributed by atoms with Crippen LogP contribution in [0.3, 0.4) is 0 Å². The van der Waals surface area contributed by atoms with Gasteiger partial charge in [-0.15, -0.1) is 0 Å². The van der Waals surface area contributed by atoms with E-state index in [2.05, 4.69) is 10.1 Å². The summed E-state index contributed by atoms with van der Waals surface area (Å²) < 4.78 is 15.0. The van der Waals surface area contributed by atoms with Gasteiger partial charge in [-0.05, 0) is 24.6 Å². The molecule has 0 aliphatic carbocycles. The Balaban J connectivity index is 2.09. The first-order chi connectivity index (χ1) is 9.15. The summed E-state index contributed by atoms with van der Waals surface area (Å²) >= 11 is 0. The van der Waals surface area contributed by atoms with Crippen molar-refractivity contribution in [3.05, 3.63) is 23.8 Å². The van der Waals surface area contributed by atoms with Gasteiger partial charge in [0.05, 0.1) is 7.11 Å². The van der Waals surface area contributed by atoms with Crippen LogP contribution in [0.5, 0.6) is 11.5 Å². The second kappa shape index (κ2) is 5.60. The Hall–Kier alpha value is -2.24. The highest BCUT2D eigenvalue weighted by Crippen LogP contribution is 2.32. The van der Waals surface area contributed by atoms with Crippen LogP contribution in [0.15, 0.2) is 18.2 Å². The topological polar surface area (TPSA) is 73.9 Å². The van der Waals surface area contributed by atoms with Gasteiger partial charge in [0.2, 0.25) is 6.79 Å². The number of benzene rings is 1. The molecule has 0 radical (unpaired) electrons. The fourth-order valence-electron chi connectivity index (χ4n) is 1.75. The maximum Gasteiger partial charge on any atom is 0.328 e. The van der Waals surface area contributed by atoms with Crippen LogP contribution in [0.4, 0.5) is 0 Å². The van der Waals surface area contributed by atoms with Crippen molar-refractivity contribution < 1.29 is 23.8 Å². The van der Waals surface area contributed by atoms with Gasteiger partial charge in [0, 0.05) is 5.56 Å². The van der Waals surface area contributed by atoms with E-state index in [1.807, 2.05) is 0 Å². The van der Waals surface area contributed by atoms with Crippen molar-refractivity contribution in [1.82, 2.24) is 5.32 Å². The van der Waals surface area contributed by atoms with E-state index in [-0.39, 0.29) is 12.7 Å². The number of methoxy groups -OCH3 is 1. The number of hydrogen-bond acceptors (Lipinski definition) is 5. The summed E-state index contributed by atoms with van der Waals surface area (Å²) in [5.74, 6) is 0.322. The van der Waals surface area contributed by atoms with Gasteiger partial charge in [-0.2, -0.15) is 0 Å². The lowest BCUT2D eigenvalue weighted by Gasteiger charge is -2.14. The second-order valence-electron chi connectivity index (χ2n) is 4.03. The summed E-state index contributed by atoms with van der Waals surface area (Å²) in [6, 6.07) is 4.22. The fraction of sp³-hybridized carbons (Fsp3) is 0.385. The lowest BCUT2D eigenvalue weighted by Crippen LogP contribution is -2.41. The van der Waals surface area contributed by atoms with Crippen molar-refractivity contribution in [1.29, 1.82) is 0 Å². The second-order valence-corrected chi connectivity index (χ2v) is 4.03. The van der Waals surface area contributed by atoms with E-state index in [4.69, 9.17) is 9.47 Å². The lowest BCUT2D eigenvalue weighted by molar-refractivity contribution is -0.142. The molecule has 1 aromatic carbocycles. The monoisotopic (exact) mass is 265 g/mol. The smallest absolute Gasteiger partial charge is 0.328 e. The summed E-state index contributed by atoms with van der Waals surface area (Å²) in [7, 11) is 1.29. The van der Waals surface area contributed by atoms with Gasteiger partial charge in [0.25, 0.3) is 5.91 Å². The number of ether oxygens (including phenoxy) is 3. The molecule has 1 aliphatic rings. The molecule has 6 heteroatoms. The van der Waals surface area contributed by atoms with Crippen LogP contribution >= 0.6 is 0 Å². The summed E-state index contributed by atoms with van der Waals surface area (Å²) in [5, 5.41) is 2.62. The summed E-state index contributed by atoms with van der Waals surface area (Å²) in [4.78, 5) is 23.4. The number of amides is 1. The van der Waals surface area contributed by atoms with Crippen LogP contribution in [0.25, 0.3) is 0 Å². The predicted molar refractivity (Wildman–Crippen MR) is 66.1 cm³/mol. The molecule has 1 aliphatic heterocycles. The lowest BCUT2D eigenvalue weighted by atomic mass is 10.1. The molecule has 0 saturated carbocycles. The molecule has 6 nitrogen and oxygen atoms in total. The van der Waals surface area contributed by atoms with Crippen LogP contribution in [0, 0.1) is 0 Å². The molecule has 1 N–H and O–H groups in total. The summed E-state index contributed by atoms with van der Waals surface area (Å²) in [6.45, 7) is 1.95. The molecule has 1 heterocycles. The Kier molecular flexibility index (Phi) is 3.89. The number of rotatable bonds is 4. The zero-order valence-electron chi connectivity index (χ0n) is 10.8. The van der Waals surface area contributed by atoms with Gasteiger partial charge in [-0.25, -0.2) is 4.79 Å². The van der Waals surface area contributed by atoms with Gasteiger partial charge in [0.1, 0.15) is 6.04 Å². The average Bonchev–Trinajstić information content (AvgIpc) is 2.90. The number of hydrogen-bond donors (Lipinski definition) is 1. The van der Waals surface area contributed by atoms with Gasteiger partial charge < -0.3 is 19.5 Å². The van der Waals surface area contributed by atoms with Gasteiger partial charge in [-0.3, -0.25) is 4.79 Å². The van der Waals surface area contributed by atoms with Gasteiger partial charge in [-0.1, -0.05) is 6.92 Å². The molecule has 1 amide bonds. The maximum absolute atomic E-state index is 12.0. The largest absolute Gasteiger partial charge is 0.467 e. The third-order valence-electron chi connectivity index (χ3n) is 2.83. The van der Waals surface area contributed by atoms with Crippen LogP contribution in [0.2, 0.25) is 0 Å². The molecule has 102 valence electrons. The van der Waals surface area contributed by atoms with Crippen LogP contribution in [0.1, 0.15) is 23.7 Å². The normalized spacial score (nSPS) is 13.8. The van der Waals surface area contributed by atoms with E-state index < -0.39 is 12.0 Å². The molecule has 0 spiro atoms. The van der Waals surface area contributed by atoms with Crippen LogP contribution < -0.4 is 14.8 Å². The van der Waals surface area contributed by atoms with Crippen molar-refractivity contribution in [2.24, 2.45) is 0 Å². The zero-order valence-corrected chi connectivity index (χ0v) is 10.8. The van der Waals surface area contributed by atoms with Gasteiger partial charge >= 0.3 is 5.97 Å². The Morgan fingerprint density at radius 3 is 2.79 bits per heavy atom. The molecule has 2 rings (SSSR count). The molecular formula is C13H15NO5. The standard InChI is InChI=1S/C13H15NO5/c1-3-9(13(16)17-2)14-12(15)8-4-5-10-11(6-8)19-7-18-10/h4-6,9H,3,7H2,1-2H3,(H,14,15). The highest BCUT2D eigenvalue weighted by Gasteiger charge is 2.21. The first-order valence-corrected chi connectivity index (χ1v) is 5.94. The van der Waals surface area contributed by atoms with Crippen molar-refractivity contribution in [2.45, 2.75) is 19.4 Å². The SMILES string of the molecule is CCC(NC(=O)c1ccc2c(c1)OCO2)C(=O)OC. The minimum atomic E-state index is -0.650. The molecule has 1 unspecified atom stereocenters. The van der Waals surface area contributed by atoms with E-state index in [1.54, 1.807) is 25.1 Å². The van der Waals surface area contributed by atoms with E-state index in [9.17, 15) is 9.59 Å². The highest BCUT2D eigenvalue weighted by atomic mass is 16.7. The van der Waals surface area contributed by atoms with E-state index in [0.29, 0.717) is 23.5 Å². The minimum absolute atomic E-state index is 0.153. The van der Waals surface area contributed by atoms with Crippen molar-refractivity contribution in [2.75, 3.05) is 13.9 Å². The summed E-state index contributed by atoms with van der Waals surface area (Å²) in [6.07, 6.45) is 0.461. The first kappa shape index (κ1) is 13.2. The van der Waals surface area contributed by atoms with Crippen LogP contribution in [-0.2, 0) is 9.53 Å². The Bertz CT molecular complexity index is 500. The predicted octanol–water partition coefficient (Wildman–Crippen LogP) is 1.10. The van der Waals surface area contributed by atoms with E-state index >= 15 is 0 Å². The number of nitrogens with one attached hydrogen (secondary N) is 1. The molecular weight excluding hydrogens is 250 g/mol.